The van der Waals surface area contributed by atoms with Gasteiger partial charge in [-0.1, -0.05) is 0 Å². The summed E-state index contributed by atoms with van der Waals surface area (Å²) in [7, 11) is 1.74. The Morgan fingerprint density at radius 2 is 2.57 bits per heavy atom. The summed E-state index contributed by atoms with van der Waals surface area (Å²) >= 11 is 0. The topological polar surface area (TPSA) is 46.3 Å². The summed E-state index contributed by atoms with van der Waals surface area (Å²) in [5, 5.41) is 0. The van der Waals surface area contributed by atoms with Gasteiger partial charge < -0.3 is 10.6 Å². The molecule has 1 atom stereocenters. The summed E-state index contributed by atoms with van der Waals surface area (Å²) in [6, 6.07) is -0.204. The molecule has 1 rings (SSSR count). The van der Waals surface area contributed by atoms with Crippen molar-refractivity contribution in [3.8, 4) is 0 Å². The number of rotatable bonds is 0. The molecule has 0 aromatic rings. The summed E-state index contributed by atoms with van der Waals surface area (Å²) in [6.45, 7) is 0.721. The van der Waals surface area contributed by atoms with Crippen molar-refractivity contribution >= 4 is 5.91 Å². The monoisotopic (exact) mass is 100 g/mol. The second-order valence-corrected chi connectivity index (χ2v) is 1.83. The fourth-order valence-corrected chi connectivity index (χ4v) is 0.634. The fourth-order valence-electron chi connectivity index (χ4n) is 0.634. The second-order valence-electron chi connectivity index (χ2n) is 1.83. The van der Waals surface area contributed by atoms with Crippen LogP contribution in [0.2, 0.25) is 0 Å². The lowest BCUT2D eigenvalue weighted by Gasteiger charge is -2.32. The summed E-state index contributed by atoms with van der Waals surface area (Å²) in [5.41, 5.74) is 5.22. The van der Waals surface area contributed by atoms with Crippen LogP contribution in [-0.4, -0.2) is 30.4 Å². The van der Waals surface area contributed by atoms with Crippen molar-refractivity contribution in [3.63, 3.8) is 0 Å². The maximum Gasteiger partial charge on any atom is 0.241 e. The first-order chi connectivity index (χ1) is 3.22. The van der Waals surface area contributed by atoms with Gasteiger partial charge >= 0.3 is 0 Å². The predicted octanol–water partition coefficient (Wildman–Crippen LogP) is -1.21. The molecule has 0 radical (unpaired) electrons. The third-order valence-corrected chi connectivity index (χ3v) is 1.16. The lowest BCUT2D eigenvalue weighted by atomic mass is 10.1. The Balaban J connectivity index is 2.44. The standard InChI is InChI=1S/C4H8N2O/c1-6-2-3(5)4(6)7/h3H,2,5H2,1H3. The number of nitrogens with two attached hydrogens (primary N) is 1. The van der Waals surface area contributed by atoms with Gasteiger partial charge in [0.1, 0.15) is 6.04 Å². The summed E-state index contributed by atoms with van der Waals surface area (Å²) < 4.78 is 0. The van der Waals surface area contributed by atoms with Gasteiger partial charge in [-0.2, -0.15) is 0 Å². The maximum absolute atomic E-state index is 10.4. The number of hydrogen-bond donors (Lipinski definition) is 1. The number of carbonyl (C=O) groups excluding carboxylic acids is 1. The molecule has 1 saturated heterocycles. The number of amides is 1. The molecule has 0 aromatic heterocycles. The number of likely N-dealkylation sites (tertiary alicyclic amines) is 1. The van der Waals surface area contributed by atoms with Crippen LogP contribution in [0, 0.1) is 0 Å². The normalized spacial score (nSPS) is 30.3. The van der Waals surface area contributed by atoms with E-state index in [4.69, 9.17) is 5.73 Å². The van der Waals surface area contributed by atoms with E-state index < -0.39 is 0 Å². The second kappa shape index (κ2) is 1.20. The zero-order valence-electron chi connectivity index (χ0n) is 4.22. The van der Waals surface area contributed by atoms with E-state index in [0.717, 1.165) is 6.54 Å². The molecule has 1 fully saturated rings. The molecule has 1 amide bonds. The summed E-state index contributed by atoms with van der Waals surface area (Å²) in [4.78, 5) is 12.0. The van der Waals surface area contributed by atoms with Crippen molar-refractivity contribution in [1.82, 2.24) is 4.90 Å². The van der Waals surface area contributed by atoms with Crippen LogP contribution in [0.25, 0.3) is 0 Å². The quantitative estimate of drug-likeness (QED) is 0.388. The number of β-lactam (4-membered cyclic amide) rings is 1. The number of hydrogen-bond acceptors (Lipinski definition) is 2. The van der Waals surface area contributed by atoms with E-state index >= 15 is 0 Å². The number of carbonyl (C=O) groups is 1. The van der Waals surface area contributed by atoms with Crippen LogP contribution >= 0.6 is 0 Å². The lowest BCUT2D eigenvalue weighted by molar-refractivity contribution is -0.140. The molecule has 0 saturated carbocycles. The van der Waals surface area contributed by atoms with E-state index in [1.165, 1.54) is 0 Å². The van der Waals surface area contributed by atoms with E-state index in [1.807, 2.05) is 0 Å². The van der Waals surface area contributed by atoms with Gasteiger partial charge in [-0.3, -0.25) is 4.79 Å². The molecule has 3 heteroatoms. The largest absolute Gasteiger partial charge is 0.342 e. The highest BCUT2D eigenvalue weighted by atomic mass is 16.2. The average Bonchev–Trinajstić information content (AvgIpc) is 1.68. The highest BCUT2D eigenvalue weighted by Crippen LogP contribution is 2.01. The third kappa shape index (κ3) is 0.489. The molecule has 40 valence electrons. The molecule has 7 heavy (non-hydrogen) atoms. The minimum absolute atomic E-state index is 0.0556. The smallest absolute Gasteiger partial charge is 0.241 e. The molecular weight excluding hydrogens is 92.1 g/mol. The Morgan fingerprint density at radius 1 is 2.00 bits per heavy atom. The predicted molar refractivity (Wildman–Crippen MR) is 25.6 cm³/mol. The van der Waals surface area contributed by atoms with Crippen molar-refractivity contribution in [2.24, 2.45) is 5.73 Å². The van der Waals surface area contributed by atoms with Crippen LogP contribution in [0.3, 0.4) is 0 Å². The van der Waals surface area contributed by atoms with Crippen LogP contribution in [0.5, 0.6) is 0 Å². The molecule has 0 aliphatic carbocycles. The minimum atomic E-state index is -0.204. The maximum atomic E-state index is 10.4. The molecule has 3 nitrogen and oxygen atoms in total. The zero-order chi connectivity index (χ0) is 5.44. The van der Waals surface area contributed by atoms with E-state index in [-0.39, 0.29) is 11.9 Å². The van der Waals surface area contributed by atoms with Crippen LogP contribution in [0.1, 0.15) is 0 Å². The third-order valence-electron chi connectivity index (χ3n) is 1.16. The van der Waals surface area contributed by atoms with Crippen molar-refractivity contribution in [1.29, 1.82) is 0 Å². The first-order valence-electron chi connectivity index (χ1n) is 2.22. The van der Waals surface area contributed by atoms with Gasteiger partial charge in [0.15, 0.2) is 0 Å². The SMILES string of the molecule is CN1CC(N)C1=O. The molecule has 1 aliphatic rings. The highest BCUT2D eigenvalue weighted by Gasteiger charge is 2.29. The summed E-state index contributed by atoms with van der Waals surface area (Å²) in [6.07, 6.45) is 0. The Bertz CT molecular complexity index is 91.9. The Labute approximate surface area is 42.1 Å². The molecule has 0 bridgehead atoms. The summed E-state index contributed by atoms with van der Waals surface area (Å²) in [5.74, 6) is 0.0556. The molecule has 2 N–H and O–H groups in total. The molecule has 1 unspecified atom stereocenters. The van der Waals surface area contributed by atoms with Crippen molar-refractivity contribution in [2.75, 3.05) is 13.6 Å². The fraction of sp³-hybridized carbons (Fsp3) is 0.750. The van der Waals surface area contributed by atoms with Gasteiger partial charge in [-0.15, -0.1) is 0 Å². The Hall–Kier alpha value is -0.570. The van der Waals surface area contributed by atoms with Crippen molar-refractivity contribution in [2.45, 2.75) is 6.04 Å². The van der Waals surface area contributed by atoms with Crippen molar-refractivity contribution < 1.29 is 4.79 Å². The van der Waals surface area contributed by atoms with Gasteiger partial charge in [0.2, 0.25) is 5.91 Å². The van der Waals surface area contributed by atoms with Gasteiger partial charge in [-0.25, -0.2) is 0 Å². The molecule has 0 aromatic carbocycles. The number of nitrogens with zero attached hydrogens (tertiary/aromatic N) is 1. The van der Waals surface area contributed by atoms with Crippen LogP contribution in [-0.2, 0) is 4.79 Å². The van der Waals surface area contributed by atoms with E-state index in [1.54, 1.807) is 11.9 Å². The zero-order valence-corrected chi connectivity index (χ0v) is 4.22. The van der Waals surface area contributed by atoms with Gasteiger partial charge in [0.05, 0.1) is 0 Å². The highest BCUT2D eigenvalue weighted by molar-refractivity contribution is 5.87. The van der Waals surface area contributed by atoms with Crippen LogP contribution in [0.4, 0.5) is 0 Å². The first kappa shape index (κ1) is 4.59. The van der Waals surface area contributed by atoms with Crippen LogP contribution < -0.4 is 5.73 Å². The molecule has 0 spiro atoms. The average molecular weight is 100 g/mol. The number of likely N-dealkylation sites (N-methyl/N-ethyl adjacent to an activating group) is 1. The van der Waals surface area contributed by atoms with Gasteiger partial charge in [-0.05, 0) is 0 Å². The van der Waals surface area contributed by atoms with E-state index in [0.29, 0.717) is 0 Å². The molecular formula is C4H8N2O. The Kier molecular flexibility index (Phi) is 0.785. The van der Waals surface area contributed by atoms with E-state index in [2.05, 4.69) is 0 Å². The van der Waals surface area contributed by atoms with Gasteiger partial charge in [0, 0.05) is 13.6 Å². The first-order valence-corrected chi connectivity index (χ1v) is 2.22. The molecule has 1 heterocycles. The van der Waals surface area contributed by atoms with Crippen LogP contribution in [0.15, 0.2) is 0 Å². The minimum Gasteiger partial charge on any atom is -0.342 e. The lowest BCUT2D eigenvalue weighted by Crippen LogP contribution is -2.58. The van der Waals surface area contributed by atoms with E-state index in [9.17, 15) is 4.79 Å². The molecule has 1 aliphatic heterocycles. The van der Waals surface area contributed by atoms with Crippen molar-refractivity contribution in [3.05, 3.63) is 0 Å². The Morgan fingerprint density at radius 3 is 2.57 bits per heavy atom. The van der Waals surface area contributed by atoms with Gasteiger partial charge in [0.25, 0.3) is 0 Å².